The van der Waals surface area contributed by atoms with Gasteiger partial charge in [0, 0.05) is 43.5 Å². The minimum Gasteiger partial charge on any atom is -0.384 e. The van der Waals surface area contributed by atoms with Gasteiger partial charge in [-0.2, -0.15) is 0 Å². The number of nitrogens with zero attached hydrogens (tertiary/aromatic N) is 2. The fourth-order valence-electron chi connectivity index (χ4n) is 4.09. The Kier molecular flexibility index (Phi) is 4.05. The summed E-state index contributed by atoms with van der Waals surface area (Å²) in [6.07, 6.45) is 2.42. The minimum atomic E-state index is -0.383. The molecular formula is C18H21N3O4. The smallest absolute Gasteiger partial charge is 0.270 e. The monoisotopic (exact) mass is 343 g/mol. The molecule has 0 unspecified atom stereocenters. The van der Waals surface area contributed by atoms with E-state index in [1.165, 1.54) is 10.6 Å². The molecule has 2 aliphatic rings. The third-order valence-corrected chi connectivity index (χ3v) is 5.35. The van der Waals surface area contributed by atoms with Gasteiger partial charge in [-0.25, -0.2) is 4.98 Å². The zero-order valence-corrected chi connectivity index (χ0v) is 14.3. The predicted molar refractivity (Wildman–Crippen MR) is 90.7 cm³/mol. The largest absolute Gasteiger partial charge is 0.384 e. The molecule has 2 aromatic rings. The van der Waals surface area contributed by atoms with Gasteiger partial charge in [0.05, 0.1) is 12.7 Å². The second-order valence-corrected chi connectivity index (χ2v) is 6.74. The molecule has 1 saturated heterocycles. The van der Waals surface area contributed by atoms with Crippen LogP contribution in [0.25, 0.3) is 5.65 Å². The van der Waals surface area contributed by atoms with Crippen LogP contribution in [-0.2, 0) is 9.47 Å². The van der Waals surface area contributed by atoms with Crippen LogP contribution in [0, 0.1) is 18.8 Å². The van der Waals surface area contributed by atoms with Crippen molar-refractivity contribution in [3.05, 3.63) is 46.0 Å². The number of amides is 1. The highest BCUT2D eigenvalue weighted by molar-refractivity contribution is 5.94. The van der Waals surface area contributed by atoms with Crippen molar-refractivity contribution in [2.75, 3.05) is 20.3 Å². The van der Waals surface area contributed by atoms with E-state index in [9.17, 15) is 9.59 Å². The Hall–Kier alpha value is -2.25. The molecule has 0 radical (unpaired) electrons. The van der Waals surface area contributed by atoms with Gasteiger partial charge in [-0.3, -0.25) is 14.0 Å². The Morgan fingerprint density at radius 3 is 3.12 bits per heavy atom. The molecule has 1 amide bonds. The molecule has 3 heterocycles. The topological polar surface area (TPSA) is 81.9 Å². The molecule has 7 nitrogen and oxygen atoms in total. The number of aromatic nitrogens is 2. The zero-order valence-electron chi connectivity index (χ0n) is 14.3. The number of nitrogens with one attached hydrogen (secondary N) is 1. The van der Waals surface area contributed by atoms with Gasteiger partial charge in [-0.15, -0.1) is 0 Å². The van der Waals surface area contributed by atoms with Gasteiger partial charge in [0.1, 0.15) is 11.2 Å². The van der Waals surface area contributed by atoms with E-state index in [-0.39, 0.29) is 35.1 Å². The van der Waals surface area contributed by atoms with Gasteiger partial charge in [-0.05, 0) is 25.5 Å². The molecule has 0 aromatic carbocycles. The third-order valence-electron chi connectivity index (χ3n) is 5.35. The fourth-order valence-corrected chi connectivity index (χ4v) is 4.09. The van der Waals surface area contributed by atoms with Gasteiger partial charge >= 0.3 is 0 Å². The average molecular weight is 343 g/mol. The lowest BCUT2D eigenvalue weighted by Gasteiger charge is -2.47. The lowest BCUT2D eigenvalue weighted by molar-refractivity contribution is -0.0809. The first kappa shape index (κ1) is 16.2. The van der Waals surface area contributed by atoms with E-state index in [4.69, 9.17) is 9.47 Å². The van der Waals surface area contributed by atoms with E-state index in [0.29, 0.717) is 24.8 Å². The van der Waals surface area contributed by atoms with Crippen molar-refractivity contribution in [3.63, 3.8) is 0 Å². The molecule has 4 atom stereocenters. The van der Waals surface area contributed by atoms with Crippen molar-refractivity contribution in [2.45, 2.75) is 25.5 Å². The van der Waals surface area contributed by atoms with E-state index in [1.54, 1.807) is 13.2 Å². The van der Waals surface area contributed by atoms with Gasteiger partial charge < -0.3 is 14.8 Å². The number of carbonyl (C=O) groups excluding carboxylic acids is 1. The summed E-state index contributed by atoms with van der Waals surface area (Å²) in [5.41, 5.74) is 0.995. The minimum absolute atomic E-state index is 0.0306. The fraction of sp³-hybridized carbons (Fsp3) is 0.500. The van der Waals surface area contributed by atoms with Crippen LogP contribution in [0.1, 0.15) is 22.5 Å². The van der Waals surface area contributed by atoms with Crippen LogP contribution in [0.3, 0.4) is 0 Å². The van der Waals surface area contributed by atoms with Gasteiger partial charge in [0.15, 0.2) is 0 Å². The van der Waals surface area contributed by atoms with E-state index in [0.717, 1.165) is 12.1 Å². The highest BCUT2D eigenvalue weighted by atomic mass is 16.5. The molecule has 2 aromatic heterocycles. The van der Waals surface area contributed by atoms with Crippen molar-refractivity contribution in [2.24, 2.45) is 11.8 Å². The van der Waals surface area contributed by atoms with Crippen LogP contribution in [-0.4, -0.2) is 47.8 Å². The highest BCUT2D eigenvalue weighted by Crippen LogP contribution is 2.43. The van der Waals surface area contributed by atoms with Gasteiger partial charge in [0.25, 0.3) is 11.5 Å². The van der Waals surface area contributed by atoms with E-state index < -0.39 is 0 Å². The molecule has 4 rings (SSSR count). The summed E-state index contributed by atoms with van der Waals surface area (Å²) in [6, 6.07) is 5.37. The molecule has 1 aliphatic heterocycles. The predicted octanol–water partition coefficient (Wildman–Crippen LogP) is 0.783. The van der Waals surface area contributed by atoms with Gasteiger partial charge in [-0.1, -0.05) is 6.07 Å². The molecule has 7 heteroatoms. The summed E-state index contributed by atoms with van der Waals surface area (Å²) in [5.74, 6) is 0.0352. The lowest BCUT2D eigenvalue weighted by Crippen LogP contribution is -2.63. The number of pyridine rings is 1. The zero-order chi connectivity index (χ0) is 17.6. The number of ether oxygens (including phenoxy) is 2. The number of methoxy groups -OCH3 is 1. The number of aryl methyl sites for hydroxylation is 1. The maximum absolute atomic E-state index is 12.7. The second kappa shape index (κ2) is 6.24. The molecule has 1 saturated carbocycles. The Morgan fingerprint density at radius 1 is 1.48 bits per heavy atom. The van der Waals surface area contributed by atoms with Crippen molar-refractivity contribution in [1.29, 1.82) is 0 Å². The first-order valence-corrected chi connectivity index (χ1v) is 8.50. The Balaban J connectivity index is 1.61. The number of rotatable bonds is 4. The Bertz CT molecular complexity index is 878. The average Bonchev–Trinajstić information content (AvgIpc) is 3.02. The Morgan fingerprint density at radius 2 is 2.32 bits per heavy atom. The van der Waals surface area contributed by atoms with Crippen molar-refractivity contribution in [1.82, 2.24) is 14.7 Å². The molecular weight excluding hydrogens is 322 g/mol. The summed E-state index contributed by atoms with van der Waals surface area (Å²) in [6.45, 7) is 3.06. The maximum Gasteiger partial charge on any atom is 0.270 e. The SMILES string of the molecule is COC[C@@H]1[C@@H](NC(=O)c2cnc3cccc(C)n3c2=O)[C@@H]2CCO[C@H]12. The molecule has 25 heavy (non-hydrogen) atoms. The van der Waals surface area contributed by atoms with Crippen LogP contribution in [0.15, 0.2) is 29.2 Å². The summed E-state index contributed by atoms with van der Waals surface area (Å²) in [4.78, 5) is 29.7. The summed E-state index contributed by atoms with van der Waals surface area (Å²) >= 11 is 0. The Labute approximate surface area is 145 Å². The quantitative estimate of drug-likeness (QED) is 0.887. The molecule has 1 aliphatic carbocycles. The van der Waals surface area contributed by atoms with Crippen LogP contribution in [0.5, 0.6) is 0 Å². The first-order chi connectivity index (χ1) is 12.1. The maximum atomic E-state index is 12.7. The normalized spacial score (nSPS) is 27.8. The van der Waals surface area contributed by atoms with E-state index in [1.807, 2.05) is 19.1 Å². The van der Waals surface area contributed by atoms with Crippen LogP contribution < -0.4 is 10.9 Å². The summed E-state index contributed by atoms with van der Waals surface area (Å²) < 4.78 is 12.4. The van der Waals surface area contributed by atoms with E-state index in [2.05, 4.69) is 10.3 Å². The van der Waals surface area contributed by atoms with Crippen LogP contribution in [0.4, 0.5) is 0 Å². The molecule has 0 bridgehead atoms. The number of hydrogen-bond donors (Lipinski definition) is 1. The lowest BCUT2D eigenvalue weighted by atomic mass is 9.67. The van der Waals surface area contributed by atoms with Crippen LogP contribution >= 0.6 is 0 Å². The number of hydrogen-bond acceptors (Lipinski definition) is 5. The molecule has 1 N–H and O–H groups in total. The number of carbonyl (C=O) groups is 1. The first-order valence-electron chi connectivity index (χ1n) is 8.50. The summed E-state index contributed by atoms with van der Waals surface area (Å²) in [7, 11) is 1.64. The molecule has 0 spiro atoms. The van der Waals surface area contributed by atoms with Crippen molar-refractivity contribution >= 4 is 11.6 Å². The molecule has 132 valence electrons. The van der Waals surface area contributed by atoms with Crippen molar-refractivity contribution < 1.29 is 14.3 Å². The van der Waals surface area contributed by atoms with E-state index >= 15 is 0 Å². The van der Waals surface area contributed by atoms with Gasteiger partial charge in [0.2, 0.25) is 0 Å². The molecule has 2 fully saturated rings. The highest BCUT2D eigenvalue weighted by Gasteiger charge is 2.54. The number of fused-ring (bicyclic) bond motifs is 2. The second-order valence-electron chi connectivity index (χ2n) is 6.74. The summed E-state index contributed by atoms with van der Waals surface area (Å²) in [5, 5.41) is 3.01. The van der Waals surface area contributed by atoms with Crippen molar-refractivity contribution in [3.8, 4) is 0 Å². The third kappa shape index (κ3) is 2.54. The standard InChI is InChI=1S/C18H21N3O4/c1-10-4-3-5-14-19-8-12(18(23)21(10)14)17(22)20-15-11-6-7-25-16(11)13(15)9-24-2/h3-5,8,11,13,15-16H,6-7,9H2,1-2H3,(H,20,22)/t11-,13+,15-,16-/m0/s1. The van der Waals surface area contributed by atoms with Crippen LogP contribution in [0.2, 0.25) is 0 Å².